The molecule has 2 aliphatic rings. The van der Waals surface area contributed by atoms with E-state index in [0.29, 0.717) is 16.8 Å². The molecule has 0 radical (unpaired) electrons. The summed E-state index contributed by atoms with van der Waals surface area (Å²) in [5.41, 5.74) is 1.72. The van der Waals surface area contributed by atoms with E-state index in [4.69, 9.17) is 9.57 Å². The first kappa shape index (κ1) is 24.6. The predicted octanol–water partition coefficient (Wildman–Crippen LogP) is 4.50. The molecule has 0 bridgehead atoms. The Kier molecular flexibility index (Phi) is 6.26. The number of non-ortho nitro benzene ring substituents is 1. The summed E-state index contributed by atoms with van der Waals surface area (Å²) >= 11 is 1.16. The highest BCUT2D eigenvalue weighted by atomic mass is 32.1. The Labute approximate surface area is 216 Å². The van der Waals surface area contributed by atoms with E-state index >= 15 is 0 Å². The predicted molar refractivity (Wildman–Crippen MR) is 135 cm³/mol. The average molecular weight is 522 g/mol. The van der Waals surface area contributed by atoms with E-state index in [2.05, 4.69) is 0 Å². The minimum absolute atomic E-state index is 0.142. The Morgan fingerprint density at radius 2 is 1.84 bits per heavy atom. The van der Waals surface area contributed by atoms with Gasteiger partial charge in [-0.15, -0.1) is 11.3 Å². The summed E-state index contributed by atoms with van der Waals surface area (Å²) in [6.45, 7) is 5.37. The zero-order chi connectivity index (χ0) is 26.4. The number of anilines is 2. The van der Waals surface area contributed by atoms with E-state index in [1.807, 2.05) is 6.07 Å². The molecule has 190 valence electrons. The number of rotatable bonds is 6. The third kappa shape index (κ3) is 3.96. The number of para-hydroxylation sites is 1. The molecule has 0 N–H and O–H groups in total. The number of hydrogen-bond acceptors (Lipinski definition) is 9. The molecule has 5 rings (SSSR count). The number of hydroxylamine groups is 1. The van der Waals surface area contributed by atoms with Gasteiger partial charge in [0.2, 0.25) is 5.91 Å². The van der Waals surface area contributed by atoms with Gasteiger partial charge in [0.1, 0.15) is 10.9 Å². The normalized spacial score (nSPS) is 20.9. The van der Waals surface area contributed by atoms with Crippen LogP contribution >= 0.6 is 11.3 Å². The van der Waals surface area contributed by atoms with Crippen molar-refractivity contribution in [3.8, 4) is 0 Å². The number of ether oxygens (including phenoxy) is 1. The van der Waals surface area contributed by atoms with Gasteiger partial charge in [-0.25, -0.2) is 14.8 Å². The second-order valence-electron chi connectivity index (χ2n) is 8.71. The van der Waals surface area contributed by atoms with Crippen LogP contribution in [0, 0.1) is 29.9 Å². The Bertz CT molecular complexity index is 1420. The van der Waals surface area contributed by atoms with Gasteiger partial charge in [0, 0.05) is 17.0 Å². The van der Waals surface area contributed by atoms with E-state index in [9.17, 15) is 24.5 Å². The molecule has 3 heterocycles. The van der Waals surface area contributed by atoms with Crippen LogP contribution in [0.3, 0.4) is 0 Å². The van der Waals surface area contributed by atoms with Crippen molar-refractivity contribution in [3.05, 3.63) is 86.3 Å². The van der Waals surface area contributed by atoms with Crippen LogP contribution in [0.5, 0.6) is 0 Å². The number of amides is 2. The average Bonchev–Trinajstić information content (AvgIpc) is 3.50. The molecule has 0 spiro atoms. The number of imide groups is 1. The molecule has 2 aliphatic heterocycles. The molecule has 3 atom stereocenters. The monoisotopic (exact) mass is 521 g/mol. The van der Waals surface area contributed by atoms with Gasteiger partial charge in [-0.3, -0.25) is 24.5 Å². The van der Waals surface area contributed by atoms with Crippen LogP contribution in [-0.2, 0) is 19.2 Å². The zero-order valence-electron chi connectivity index (χ0n) is 20.2. The molecule has 0 aliphatic carbocycles. The first-order chi connectivity index (χ1) is 17.7. The highest BCUT2D eigenvalue weighted by Gasteiger charge is 2.61. The molecule has 2 saturated heterocycles. The lowest BCUT2D eigenvalue weighted by atomic mass is 9.90. The summed E-state index contributed by atoms with van der Waals surface area (Å²) in [5.74, 6) is -2.75. The van der Waals surface area contributed by atoms with E-state index in [0.717, 1.165) is 21.1 Å². The van der Waals surface area contributed by atoms with Gasteiger partial charge >= 0.3 is 5.97 Å². The smallest absolute Gasteiger partial charge is 0.341 e. The van der Waals surface area contributed by atoms with Crippen molar-refractivity contribution in [1.29, 1.82) is 0 Å². The van der Waals surface area contributed by atoms with Gasteiger partial charge in [0.05, 0.1) is 28.8 Å². The van der Waals surface area contributed by atoms with Crippen molar-refractivity contribution >= 4 is 45.5 Å². The van der Waals surface area contributed by atoms with E-state index in [1.165, 1.54) is 23.3 Å². The molecule has 1 aromatic heterocycles. The second kappa shape index (κ2) is 9.41. The fourth-order valence-corrected chi connectivity index (χ4v) is 5.94. The van der Waals surface area contributed by atoms with Gasteiger partial charge in [0.15, 0.2) is 6.10 Å². The number of nitrogens with zero attached hydrogens (tertiary/aromatic N) is 3. The van der Waals surface area contributed by atoms with E-state index < -0.39 is 40.8 Å². The first-order valence-corrected chi connectivity index (χ1v) is 12.5. The van der Waals surface area contributed by atoms with Crippen LogP contribution in [-0.4, -0.2) is 35.4 Å². The standard InChI is InChI=1S/C26H23N3O7S/c1-4-35-26(32)19-14(2)15(3)37-25(19)27-23(30)20-21(16-9-8-12-18(13-16)29(33)34)28(36-22(20)24(27)31)17-10-6-5-7-11-17/h5-13,20-22H,4H2,1-3H3. The number of esters is 1. The molecule has 3 unspecified atom stereocenters. The highest BCUT2D eigenvalue weighted by Crippen LogP contribution is 2.49. The number of aryl methyl sites for hydroxylation is 1. The number of carbonyl (C=O) groups is 3. The largest absolute Gasteiger partial charge is 0.462 e. The summed E-state index contributed by atoms with van der Waals surface area (Å²) in [4.78, 5) is 59.3. The number of nitro benzene ring substituents is 1. The fourth-order valence-electron chi connectivity index (χ4n) is 4.78. The molecule has 0 saturated carbocycles. The maximum absolute atomic E-state index is 13.9. The lowest BCUT2D eigenvalue weighted by Gasteiger charge is -2.28. The van der Waals surface area contributed by atoms with Gasteiger partial charge in [-0.05, 0) is 44.0 Å². The molecule has 10 nitrogen and oxygen atoms in total. The Morgan fingerprint density at radius 3 is 2.51 bits per heavy atom. The number of nitro groups is 1. The van der Waals surface area contributed by atoms with Crippen LogP contribution in [0.4, 0.5) is 16.4 Å². The van der Waals surface area contributed by atoms with E-state index in [1.54, 1.807) is 51.1 Å². The van der Waals surface area contributed by atoms with Crippen LogP contribution < -0.4 is 9.96 Å². The third-order valence-corrected chi connectivity index (χ3v) is 7.79. The molecule has 2 aromatic carbocycles. The van der Waals surface area contributed by atoms with Crippen LogP contribution in [0.1, 0.15) is 39.3 Å². The highest BCUT2D eigenvalue weighted by molar-refractivity contribution is 7.17. The summed E-state index contributed by atoms with van der Waals surface area (Å²) < 4.78 is 5.20. The molecule has 2 fully saturated rings. The molecule has 11 heteroatoms. The summed E-state index contributed by atoms with van der Waals surface area (Å²) in [7, 11) is 0. The van der Waals surface area contributed by atoms with Crippen molar-refractivity contribution in [2.24, 2.45) is 5.92 Å². The molecule has 2 amide bonds. The van der Waals surface area contributed by atoms with Crippen molar-refractivity contribution in [1.82, 2.24) is 0 Å². The number of fused-ring (bicyclic) bond motifs is 1. The van der Waals surface area contributed by atoms with Gasteiger partial charge in [-0.2, -0.15) is 0 Å². The number of thiophene rings is 1. The van der Waals surface area contributed by atoms with Gasteiger partial charge in [0.25, 0.3) is 11.6 Å². The number of benzene rings is 2. The quantitative estimate of drug-likeness (QED) is 0.201. The summed E-state index contributed by atoms with van der Waals surface area (Å²) in [6, 6.07) is 14.1. The van der Waals surface area contributed by atoms with Crippen molar-refractivity contribution < 1.29 is 28.9 Å². The number of hydrogen-bond donors (Lipinski definition) is 0. The lowest BCUT2D eigenvalue weighted by Crippen LogP contribution is -2.37. The Hall–Kier alpha value is -4.09. The minimum atomic E-state index is -1.17. The Balaban J connectivity index is 1.61. The van der Waals surface area contributed by atoms with Crippen molar-refractivity contribution in [2.75, 3.05) is 16.6 Å². The molecule has 37 heavy (non-hydrogen) atoms. The van der Waals surface area contributed by atoms with Gasteiger partial charge < -0.3 is 4.74 Å². The summed E-state index contributed by atoms with van der Waals surface area (Å²) in [6.07, 6.45) is -1.17. The fraction of sp³-hybridized carbons (Fsp3) is 0.269. The Morgan fingerprint density at radius 1 is 1.11 bits per heavy atom. The topological polar surface area (TPSA) is 119 Å². The van der Waals surface area contributed by atoms with Crippen LogP contribution in [0.25, 0.3) is 0 Å². The van der Waals surface area contributed by atoms with Crippen LogP contribution in [0.2, 0.25) is 0 Å². The second-order valence-corrected chi connectivity index (χ2v) is 9.91. The maximum Gasteiger partial charge on any atom is 0.341 e. The number of carbonyl (C=O) groups excluding carboxylic acids is 3. The SMILES string of the molecule is CCOC(=O)c1c(N2C(=O)C3ON(c4ccccc4)C(c4cccc([N+](=O)[O-])c4)C3C2=O)sc(C)c1C. The van der Waals surface area contributed by atoms with Gasteiger partial charge in [-0.1, -0.05) is 30.3 Å². The van der Waals surface area contributed by atoms with E-state index in [-0.39, 0.29) is 22.9 Å². The maximum atomic E-state index is 13.9. The van der Waals surface area contributed by atoms with Crippen molar-refractivity contribution in [3.63, 3.8) is 0 Å². The van der Waals surface area contributed by atoms with Crippen LogP contribution in [0.15, 0.2) is 54.6 Å². The third-order valence-electron chi connectivity index (χ3n) is 6.60. The molecular weight excluding hydrogens is 498 g/mol. The lowest BCUT2D eigenvalue weighted by molar-refractivity contribution is -0.384. The summed E-state index contributed by atoms with van der Waals surface area (Å²) in [5, 5.41) is 13.1. The molecular formula is C26H23N3O7S. The van der Waals surface area contributed by atoms with Crippen molar-refractivity contribution in [2.45, 2.75) is 32.9 Å². The minimum Gasteiger partial charge on any atom is -0.462 e. The molecule has 3 aromatic rings. The zero-order valence-corrected chi connectivity index (χ0v) is 21.1. The first-order valence-electron chi connectivity index (χ1n) is 11.6.